The van der Waals surface area contributed by atoms with Crippen LogP contribution in [-0.2, 0) is 26.1 Å². The van der Waals surface area contributed by atoms with Gasteiger partial charge in [-0.25, -0.2) is 0 Å². The Morgan fingerprint density at radius 2 is 2.17 bits per heavy atom. The Bertz CT molecular complexity index is 795. The third-order valence-corrected chi connectivity index (χ3v) is 3.95. The number of pyridine rings is 1. The van der Waals surface area contributed by atoms with E-state index in [1.807, 2.05) is 18.2 Å². The lowest BCUT2D eigenvalue weighted by molar-refractivity contribution is 0.182. The van der Waals surface area contributed by atoms with Crippen molar-refractivity contribution in [2.75, 3.05) is 6.54 Å². The largest absolute Gasteiger partial charge is 0.337 e. The number of nitrogens with zero attached hydrogens (tertiary/aromatic N) is 7. The fraction of sp³-hybridized carbons (Fsp3) is 0.400. The van der Waals surface area contributed by atoms with E-state index in [1.165, 1.54) is 0 Å². The Labute approximate surface area is 133 Å². The van der Waals surface area contributed by atoms with Gasteiger partial charge in [-0.2, -0.15) is 4.98 Å². The fourth-order valence-corrected chi connectivity index (χ4v) is 2.77. The molecule has 0 aromatic carbocycles. The Hall–Kier alpha value is -2.61. The van der Waals surface area contributed by atoms with Crippen LogP contribution in [-0.4, -0.2) is 41.3 Å². The van der Waals surface area contributed by atoms with Crippen molar-refractivity contribution in [3.63, 3.8) is 0 Å². The number of fused-ring (bicyclic) bond motifs is 1. The highest BCUT2D eigenvalue weighted by Gasteiger charge is 2.22. The minimum absolute atomic E-state index is 0.522. The molecule has 8 nitrogen and oxygen atoms in total. The van der Waals surface area contributed by atoms with E-state index in [1.54, 1.807) is 6.20 Å². The van der Waals surface area contributed by atoms with Gasteiger partial charge in [0.15, 0.2) is 0 Å². The van der Waals surface area contributed by atoms with Crippen LogP contribution in [0.15, 0.2) is 28.9 Å². The first kappa shape index (κ1) is 14.0. The molecule has 0 aliphatic carbocycles. The van der Waals surface area contributed by atoms with Crippen LogP contribution >= 0.6 is 0 Å². The van der Waals surface area contributed by atoms with Gasteiger partial charge in [0.2, 0.25) is 11.7 Å². The van der Waals surface area contributed by atoms with Gasteiger partial charge in [-0.3, -0.25) is 9.88 Å². The molecule has 0 radical (unpaired) electrons. The van der Waals surface area contributed by atoms with Crippen LogP contribution in [0.3, 0.4) is 0 Å². The molecule has 3 aromatic heterocycles. The van der Waals surface area contributed by atoms with Crippen molar-refractivity contribution >= 4 is 0 Å². The zero-order chi connectivity index (χ0) is 15.6. The number of aryl methyl sites for hydroxylation is 1. The second kappa shape index (κ2) is 5.88. The quantitative estimate of drug-likeness (QED) is 0.718. The summed E-state index contributed by atoms with van der Waals surface area (Å²) in [5, 5.41) is 12.5. The van der Waals surface area contributed by atoms with Gasteiger partial charge in [0.25, 0.3) is 0 Å². The molecule has 23 heavy (non-hydrogen) atoms. The SMILES string of the molecule is CCc1nnc2n1CCN(Cc1nc(-c3ccccn3)no1)C2. The Kier molecular flexibility index (Phi) is 3.58. The molecule has 0 unspecified atom stereocenters. The minimum atomic E-state index is 0.522. The normalized spacial score (nSPS) is 14.8. The van der Waals surface area contributed by atoms with Crippen LogP contribution in [0.4, 0.5) is 0 Å². The average Bonchev–Trinajstić information content (AvgIpc) is 3.22. The molecule has 0 saturated carbocycles. The predicted octanol–water partition coefficient (Wildman–Crippen LogP) is 1.30. The first-order valence-corrected chi connectivity index (χ1v) is 7.71. The number of aromatic nitrogens is 6. The molecule has 4 rings (SSSR count). The highest BCUT2D eigenvalue weighted by molar-refractivity contribution is 5.46. The van der Waals surface area contributed by atoms with Gasteiger partial charge < -0.3 is 9.09 Å². The molecule has 0 spiro atoms. The molecular weight excluding hydrogens is 294 g/mol. The van der Waals surface area contributed by atoms with E-state index < -0.39 is 0 Å². The summed E-state index contributed by atoms with van der Waals surface area (Å²) in [6, 6.07) is 5.63. The Morgan fingerprint density at radius 3 is 3.00 bits per heavy atom. The second-order valence-electron chi connectivity index (χ2n) is 5.48. The molecule has 3 aromatic rings. The van der Waals surface area contributed by atoms with Crippen molar-refractivity contribution in [1.82, 2.24) is 34.8 Å². The van der Waals surface area contributed by atoms with E-state index >= 15 is 0 Å². The van der Waals surface area contributed by atoms with Crippen molar-refractivity contribution in [2.45, 2.75) is 33.0 Å². The zero-order valence-electron chi connectivity index (χ0n) is 12.9. The van der Waals surface area contributed by atoms with Crippen molar-refractivity contribution in [2.24, 2.45) is 0 Å². The van der Waals surface area contributed by atoms with Crippen LogP contribution in [0.2, 0.25) is 0 Å². The summed E-state index contributed by atoms with van der Waals surface area (Å²) in [6.45, 7) is 5.26. The molecule has 1 aliphatic rings. The maximum Gasteiger partial charge on any atom is 0.241 e. The molecule has 0 saturated heterocycles. The van der Waals surface area contributed by atoms with Gasteiger partial charge in [0.1, 0.15) is 17.3 Å². The summed E-state index contributed by atoms with van der Waals surface area (Å²) in [6.07, 6.45) is 2.62. The molecule has 0 bridgehead atoms. The van der Waals surface area contributed by atoms with E-state index in [9.17, 15) is 0 Å². The molecule has 8 heteroatoms. The van der Waals surface area contributed by atoms with E-state index in [-0.39, 0.29) is 0 Å². The van der Waals surface area contributed by atoms with E-state index in [4.69, 9.17) is 4.52 Å². The average molecular weight is 311 g/mol. The highest BCUT2D eigenvalue weighted by atomic mass is 16.5. The van der Waals surface area contributed by atoms with Crippen LogP contribution < -0.4 is 0 Å². The summed E-state index contributed by atoms with van der Waals surface area (Å²) < 4.78 is 7.55. The lowest BCUT2D eigenvalue weighted by atomic mass is 10.3. The minimum Gasteiger partial charge on any atom is -0.337 e. The lowest BCUT2D eigenvalue weighted by Gasteiger charge is -2.26. The fourth-order valence-electron chi connectivity index (χ4n) is 2.77. The van der Waals surface area contributed by atoms with E-state index in [2.05, 4.69) is 41.7 Å². The highest BCUT2D eigenvalue weighted by Crippen LogP contribution is 2.17. The standard InChI is InChI=1S/C15H17N7O/c1-2-12-18-19-13-9-21(7-8-22(12)13)10-14-17-15(20-23-14)11-5-3-4-6-16-11/h3-6H,2,7-10H2,1H3. The van der Waals surface area contributed by atoms with Crippen molar-refractivity contribution < 1.29 is 4.52 Å². The molecule has 0 amide bonds. The Morgan fingerprint density at radius 1 is 1.22 bits per heavy atom. The number of hydrogen-bond donors (Lipinski definition) is 0. The topological polar surface area (TPSA) is 85.8 Å². The third kappa shape index (κ3) is 2.72. The summed E-state index contributed by atoms with van der Waals surface area (Å²) in [7, 11) is 0. The molecule has 118 valence electrons. The van der Waals surface area contributed by atoms with Gasteiger partial charge in [-0.15, -0.1) is 10.2 Å². The van der Waals surface area contributed by atoms with Gasteiger partial charge in [-0.1, -0.05) is 18.1 Å². The summed E-state index contributed by atoms with van der Waals surface area (Å²) >= 11 is 0. The van der Waals surface area contributed by atoms with Crippen molar-refractivity contribution in [3.05, 3.63) is 41.9 Å². The molecule has 0 fully saturated rings. The van der Waals surface area contributed by atoms with Crippen molar-refractivity contribution in [3.8, 4) is 11.5 Å². The van der Waals surface area contributed by atoms with Crippen LogP contribution in [0.1, 0.15) is 24.5 Å². The Balaban J connectivity index is 1.46. The summed E-state index contributed by atoms with van der Waals surface area (Å²) in [4.78, 5) is 10.9. The molecule has 4 heterocycles. The monoisotopic (exact) mass is 311 g/mol. The first-order chi connectivity index (χ1) is 11.3. The molecule has 0 atom stereocenters. The maximum absolute atomic E-state index is 5.35. The van der Waals surface area contributed by atoms with Crippen LogP contribution in [0.25, 0.3) is 11.5 Å². The maximum atomic E-state index is 5.35. The number of rotatable bonds is 4. The number of hydrogen-bond acceptors (Lipinski definition) is 7. The molecule has 1 aliphatic heterocycles. The van der Waals surface area contributed by atoms with Gasteiger partial charge in [0, 0.05) is 25.7 Å². The van der Waals surface area contributed by atoms with E-state index in [0.29, 0.717) is 24.0 Å². The van der Waals surface area contributed by atoms with Gasteiger partial charge in [-0.05, 0) is 12.1 Å². The smallest absolute Gasteiger partial charge is 0.241 e. The molecular formula is C15H17N7O. The van der Waals surface area contributed by atoms with Crippen LogP contribution in [0, 0.1) is 0 Å². The summed E-state index contributed by atoms with van der Waals surface area (Å²) in [5.41, 5.74) is 0.716. The van der Waals surface area contributed by atoms with Gasteiger partial charge >= 0.3 is 0 Å². The lowest BCUT2D eigenvalue weighted by Crippen LogP contribution is -2.34. The van der Waals surface area contributed by atoms with E-state index in [0.717, 1.165) is 37.7 Å². The second-order valence-corrected chi connectivity index (χ2v) is 5.48. The third-order valence-electron chi connectivity index (χ3n) is 3.95. The van der Waals surface area contributed by atoms with Gasteiger partial charge in [0.05, 0.1) is 13.1 Å². The first-order valence-electron chi connectivity index (χ1n) is 7.71. The predicted molar refractivity (Wildman–Crippen MR) is 81.0 cm³/mol. The molecule has 0 N–H and O–H groups in total. The summed E-state index contributed by atoms with van der Waals surface area (Å²) in [5.74, 6) is 3.16. The van der Waals surface area contributed by atoms with Crippen molar-refractivity contribution in [1.29, 1.82) is 0 Å². The zero-order valence-corrected chi connectivity index (χ0v) is 12.9. The van der Waals surface area contributed by atoms with Crippen LogP contribution in [0.5, 0.6) is 0 Å².